The van der Waals surface area contributed by atoms with Crippen molar-refractivity contribution in [2.75, 3.05) is 18.1 Å². The van der Waals surface area contributed by atoms with E-state index in [4.69, 9.17) is 23.2 Å². The van der Waals surface area contributed by atoms with Crippen LogP contribution in [-0.2, 0) is 6.18 Å². The maximum Gasteiger partial charge on any atom is 0.434 e. The van der Waals surface area contributed by atoms with Gasteiger partial charge in [0.1, 0.15) is 5.82 Å². The predicted octanol–water partition coefficient (Wildman–Crippen LogP) is 2.85. The number of nitrogens with two attached hydrogens (primary N) is 2. The molecule has 0 radical (unpaired) electrons. The van der Waals surface area contributed by atoms with Crippen molar-refractivity contribution < 1.29 is 18.0 Å². The molecule has 0 spiro atoms. The Morgan fingerprint density at radius 2 is 1.97 bits per heavy atom. The van der Waals surface area contributed by atoms with E-state index in [1.807, 2.05) is 13.0 Å². The van der Waals surface area contributed by atoms with E-state index in [9.17, 15) is 18.0 Å². The Balaban J connectivity index is 1.83. The lowest BCUT2D eigenvalue weighted by Gasteiger charge is -2.33. The van der Waals surface area contributed by atoms with Gasteiger partial charge in [0.05, 0.1) is 22.8 Å². The van der Waals surface area contributed by atoms with Gasteiger partial charge in [-0.2, -0.15) is 13.2 Å². The van der Waals surface area contributed by atoms with Gasteiger partial charge >= 0.3 is 6.18 Å². The van der Waals surface area contributed by atoms with E-state index in [1.165, 1.54) is 9.91 Å². The Labute approximate surface area is 169 Å². The number of halogens is 4. The van der Waals surface area contributed by atoms with Gasteiger partial charge in [-0.25, -0.2) is 10.8 Å². The highest BCUT2D eigenvalue weighted by Gasteiger charge is 2.37. The third kappa shape index (κ3) is 4.28. The molecule has 0 saturated heterocycles. The summed E-state index contributed by atoms with van der Waals surface area (Å²) in [5.41, 5.74) is 6.39. The lowest BCUT2D eigenvalue weighted by atomic mass is 10.1. The van der Waals surface area contributed by atoms with Gasteiger partial charge in [-0.05, 0) is 30.7 Å². The third-order valence-corrected chi connectivity index (χ3v) is 4.85. The Morgan fingerprint density at radius 3 is 2.59 bits per heavy atom. The number of aromatic nitrogens is 2. The fourth-order valence-electron chi connectivity index (χ4n) is 2.99. The standard InChI is InChI=1S/C18H18ClF3N6O/c1-10-2-5-25-14(8-10)28(24)13-4-7-27(9-12(13)23)17(29)11-3-6-26-16(15(11)19)18(20,21)22/h2-3,5-6,8H,4,7,9,23-24H2,1H3. The first-order chi connectivity index (χ1) is 13.6. The molecule has 11 heteroatoms. The van der Waals surface area contributed by atoms with Gasteiger partial charge in [0.25, 0.3) is 5.91 Å². The van der Waals surface area contributed by atoms with Crippen LogP contribution in [0.3, 0.4) is 0 Å². The summed E-state index contributed by atoms with van der Waals surface area (Å²) < 4.78 is 39.0. The molecule has 2 aromatic heterocycles. The first kappa shape index (κ1) is 20.9. The lowest BCUT2D eigenvalue weighted by Crippen LogP contribution is -2.44. The highest BCUT2D eigenvalue weighted by molar-refractivity contribution is 6.34. The van der Waals surface area contributed by atoms with E-state index in [-0.39, 0.29) is 18.7 Å². The number of amides is 1. The molecule has 3 heterocycles. The SMILES string of the molecule is Cc1ccnc(N(N)C2=C(N)CN(C(=O)c3ccnc(C(F)(F)F)c3Cl)CC2)c1. The number of hydrogen-bond donors (Lipinski definition) is 2. The molecule has 0 fully saturated rings. The Bertz CT molecular complexity index is 978. The normalized spacial score (nSPS) is 14.9. The molecule has 4 N–H and O–H groups in total. The van der Waals surface area contributed by atoms with Gasteiger partial charge in [-0.3, -0.25) is 14.8 Å². The maximum atomic E-state index is 13.0. The Kier molecular flexibility index (Phi) is 5.67. The molecule has 0 aromatic carbocycles. The summed E-state index contributed by atoms with van der Waals surface area (Å²) in [6, 6.07) is 4.76. The molecule has 0 atom stereocenters. The van der Waals surface area contributed by atoms with Crippen molar-refractivity contribution in [3.63, 3.8) is 0 Å². The molecule has 0 bridgehead atoms. The minimum atomic E-state index is -4.76. The van der Waals surface area contributed by atoms with Crippen LogP contribution < -0.4 is 16.6 Å². The van der Waals surface area contributed by atoms with E-state index >= 15 is 0 Å². The van der Waals surface area contributed by atoms with Crippen molar-refractivity contribution in [1.29, 1.82) is 0 Å². The van der Waals surface area contributed by atoms with Crippen LogP contribution in [0.2, 0.25) is 5.02 Å². The molecule has 0 aliphatic carbocycles. The smallest absolute Gasteiger partial charge is 0.399 e. The maximum absolute atomic E-state index is 13.0. The van der Waals surface area contributed by atoms with Gasteiger partial charge in [-0.1, -0.05) is 11.6 Å². The molecule has 1 aliphatic heterocycles. The van der Waals surface area contributed by atoms with E-state index in [0.29, 0.717) is 23.6 Å². The molecule has 154 valence electrons. The van der Waals surface area contributed by atoms with E-state index < -0.39 is 22.8 Å². The van der Waals surface area contributed by atoms with Crippen LogP contribution in [0.4, 0.5) is 19.0 Å². The van der Waals surface area contributed by atoms with E-state index in [2.05, 4.69) is 9.97 Å². The fourth-order valence-corrected chi connectivity index (χ4v) is 3.29. The highest BCUT2D eigenvalue weighted by atomic mass is 35.5. The molecular formula is C18H18ClF3N6O. The van der Waals surface area contributed by atoms with Gasteiger partial charge in [-0.15, -0.1) is 0 Å². The highest BCUT2D eigenvalue weighted by Crippen LogP contribution is 2.35. The van der Waals surface area contributed by atoms with Gasteiger partial charge in [0.2, 0.25) is 0 Å². The summed E-state index contributed by atoms with van der Waals surface area (Å²) in [6.45, 7) is 2.09. The fraction of sp³-hybridized carbons (Fsp3) is 0.278. The number of pyridine rings is 2. The average molecular weight is 427 g/mol. The Morgan fingerprint density at radius 1 is 1.28 bits per heavy atom. The van der Waals surface area contributed by atoms with Crippen molar-refractivity contribution in [1.82, 2.24) is 14.9 Å². The second kappa shape index (κ2) is 7.88. The topological polar surface area (TPSA) is 101 Å². The van der Waals surface area contributed by atoms with Crippen LogP contribution in [-0.4, -0.2) is 33.9 Å². The van der Waals surface area contributed by atoms with Crippen molar-refractivity contribution in [2.45, 2.75) is 19.5 Å². The molecule has 3 rings (SSSR count). The van der Waals surface area contributed by atoms with Gasteiger partial charge in [0, 0.05) is 31.1 Å². The van der Waals surface area contributed by atoms with Gasteiger partial charge < -0.3 is 10.6 Å². The van der Waals surface area contributed by atoms with Gasteiger partial charge in [0.15, 0.2) is 5.69 Å². The minimum Gasteiger partial charge on any atom is -0.399 e. The summed E-state index contributed by atoms with van der Waals surface area (Å²) in [7, 11) is 0. The zero-order valence-electron chi connectivity index (χ0n) is 15.4. The van der Waals surface area contributed by atoms with E-state index in [1.54, 1.807) is 12.3 Å². The van der Waals surface area contributed by atoms with Crippen LogP contribution in [0.15, 0.2) is 42.0 Å². The molecule has 29 heavy (non-hydrogen) atoms. The van der Waals surface area contributed by atoms with E-state index in [0.717, 1.165) is 17.8 Å². The summed E-state index contributed by atoms with van der Waals surface area (Å²) in [5.74, 6) is 5.96. The second-order valence-electron chi connectivity index (χ2n) is 6.53. The molecule has 2 aromatic rings. The summed E-state index contributed by atoms with van der Waals surface area (Å²) >= 11 is 5.81. The first-order valence-corrected chi connectivity index (χ1v) is 8.93. The number of alkyl halides is 3. The number of rotatable bonds is 3. The van der Waals surface area contributed by atoms with Crippen LogP contribution >= 0.6 is 11.6 Å². The quantitative estimate of drug-likeness (QED) is 0.578. The monoisotopic (exact) mass is 426 g/mol. The molecule has 1 aliphatic rings. The third-order valence-electron chi connectivity index (χ3n) is 4.46. The van der Waals surface area contributed by atoms with Crippen molar-refractivity contribution in [2.24, 2.45) is 11.6 Å². The minimum absolute atomic E-state index is 0.00626. The largest absolute Gasteiger partial charge is 0.434 e. The molecule has 0 saturated carbocycles. The van der Waals surface area contributed by atoms with Crippen LogP contribution in [0.5, 0.6) is 0 Å². The van der Waals surface area contributed by atoms with Crippen LogP contribution in [0.25, 0.3) is 0 Å². The number of anilines is 1. The summed E-state index contributed by atoms with van der Waals surface area (Å²) in [6.07, 6.45) is -1.94. The number of carbonyl (C=O) groups excluding carboxylic acids is 1. The summed E-state index contributed by atoms with van der Waals surface area (Å²) in [4.78, 5) is 21.5. The zero-order valence-corrected chi connectivity index (χ0v) is 16.1. The predicted molar refractivity (Wildman–Crippen MR) is 102 cm³/mol. The average Bonchev–Trinajstić information content (AvgIpc) is 2.66. The molecule has 1 amide bonds. The molecule has 7 nitrogen and oxygen atoms in total. The molecule has 0 unspecified atom stereocenters. The number of aryl methyl sites for hydroxylation is 1. The van der Waals surface area contributed by atoms with Crippen molar-refractivity contribution in [3.05, 3.63) is 63.8 Å². The number of nitrogens with zero attached hydrogens (tertiary/aromatic N) is 4. The van der Waals surface area contributed by atoms with Crippen LogP contribution in [0, 0.1) is 6.92 Å². The first-order valence-electron chi connectivity index (χ1n) is 8.55. The van der Waals surface area contributed by atoms with Crippen molar-refractivity contribution in [3.8, 4) is 0 Å². The lowest BCUT2D eigenvalue weighted by molar-refractivity contribution is -0.141. The van der Waals surface area contributed by atoms with Crippen LogP contribution in [0.1, 0.15) is 28.0 Å². The number of hydrazine groups is 1. The molecular weight excluding hydrogens is 409 g/mol. The summed E-state index contributed by atoms with van der Waals surface area (Å²) in [5, 5.41) is 0.619. The Hall–Kier alpha value is -2.85. The number of carbonyl (C=O) groups is 1. The second-order valence-corrected chi connectivity index (χ2v) is 6.91. The van der Waals surface area contributed by atoms with Crippen molar-refractivity contribution >= 4 is 23.3 Å². The zero-order chi connectivity index (χ0) is 21.3. The number of hydrogen-bond acceptors (Lipinski definition) is 6.